The van der Waals surface area contributed by atoms with E-state index in [-0.39, 0.29) is 17.5 Å². The van der Waals surface area contributed by atoms with Crippen LogP contribution in [-0.2, 0) is 15.0 Å². The summed E-state index contributed by atoms with van der Waals surface area (Å²) < 4.78 is 5.17. The van der Waals surface area contributed by atoms with Crippen LogP contribution in [0.25, 0.3) is 6.08 Å². The lowest BCUT2D eigenvalue weighted by molar-refractivity contribution is -0.131. The van der Waals surface area contributed by atoms with E-state index in [9.17, 15) is 19.2 Å². The summed E-state index contributed by atoms with van der Waals surface area (Å²) in [6.07, 6.45) is 3.74. The molecule has 1 amide bonds. The Kier molecular flexibility index (Phi) is 6.29. The number of ketones is 2. The van der Waals surface area contributed by atoms with E-state index in [0.29, 0.717) is 33.1 Å². The van der Waals surface area contributed by atoms with Gasteiger partial charge < -0.3 is 15.0 Å². The van der Waals surface area contributed by atoms with E-state index in [0.717, 1.165) is 11.1 Å². The van der Waals surface area contributed by atoms with Gasteiger partial charge in [0.15, 0.2) is 11.6 Å². The second-order valence-electron chi connectivity index (χ2n) is 10.9. The minimum atomic E-state index is -1.42. The number of fused-ring (bicyclic) bond motifs is 6. The number of amides is 1. The van der Waals surface area contributed by atoms with Crippen LogP contribution in [-0.4, -0.2) is 34.4 Å². The third-order valence-electron chi connectivity index (χ3n) is 8.65. The second kappa shape index (κ2) is 10.1. The SMILES string of the molecule is CC(=O)Oc1ccc(C(=O)[C@H]2[C@@H](C(=O)c3ccc(Cl)cc3)[C@]3(C(=O)Nc4ccccc43)[C@H]3c4ccccc4C=CN23)cc1. The van der Waals surface area contributed by atoms with E-state index >= 15 is 0 Å². The van der Waals surface area contributed by atoms with Gasteiger partial charge in [0, 0.05) is 35.0 Å². The number of carbonyl (C=O) groups is 4. The number of halogens is 1. The number of Topliss-reactive ketones (excluding diaryl/α,β-unsaturated/α-hetero) is 2. The fourth-order valence-electron chi connectivity index (χ4n) is 6.99. The van der Waals surface area contributed by atoms with Crippen LogP contribution >= 0.6 is 11.6 Å². The highest BCUT2D eigenvalue weighted by Gasteiger charge is 2.70. The van der Waals surface area contributed by atoms with Gasteiger partial charge in [-0.2, -0.15) is 0 Å². The summed E-state index contributed by atoms with van der Waals surface area (Å²) >= 11 is 6.17. The molecule has 3 heterocycles. The molecule has 0 aliphatic carbocycles. The van der Waals surface area contributed by atoms with Crippen LogP contribution in [0.15, 0.2) is 103 Å². The zero-order valence-corrected chi connectivity index (χ0v) is 23.7. The van der Waals surface area contributed by atoms with E-state index in [1.54, 1.807) is 48.5 Å². The molecule has 212 valence electrons. The van der Waals surface area contributed by atoms with Crippen LogP contribution in [0.1, 0.15) is 50.4 Å². The minimum absolute atomic E-state index is 0.300. The number of carbonyl (C=O) groups excluding carboxylic acids is 4. The molecule has 0 bridgehead atoms. The number of nitrogens with one attached hydrogen (secondary N) is 1. The Hall–Kier alpha value is -5.01. The summed E-state index contributed by atoms with van der Waals surface area (Å²) in [5.74, 6) is -2.27. The summed E-state index contributed by atoms with van der Waals surface area (Å²) in [4.78, 5) is 57.2. The van der Waals surface area contributed by atoms with Crippen LogP contribution in [0, 0.1) is 5.92 Å². The minimum Gasteiger partial charge on any atom is -0.427 e. The first-order valence-corrected chi connectivity index (χ1v) is 14.3. The first-order valence-electron chi connectivity index (χ1n) is 13.9. The molecule has 4 aromatic carbocycles. The molecule has 0 radical (unpaired) electrons. The fourth-order valence-corrected chi connectivity index (χ4v) is 7.11. The molecule has 1 spiro atoms. The highest BCUT2D eigenvalue weighted by molar-refractivity contribution is 6.30. The smallest absolute Gasteiger partial charge is 0.308 e. The zero-order valence-electron chi connectivity index (χ0n) is 23.0. The third-order valence-corrected chi connectivity index (χ3v) is 8.90. The van der Waals surface area contributed by atoms with Crippen LogP contribution in [0.4, 0.5) is 5.69 Å². The fraction of sp³-hybridized carbons (Fsp3) is 0.143. The van der Waals surface area contributed by atoms with Gasteiger partial charge in [-0.15, -0.1) is 0 Å². The standard InChI is InChI=1S/C35H25ClN2O5/c1-20(39)43-25-16-12-23(13-17-25)32(41)30-29(31(40)22-10-14-24(36)15-11-22)35(27-8-4-5-9-28(27)37-34(35)42)33-26-7-3-2-6-21(26)18-19-38(30)33/h2-19,29-30,33H,1H3,(H,37,42)/t29-,30+,33+,35-/m0/s1. The first-order chi connectivity index (χ1) is 20.8. The maximum Gasteiger partial charge on any atom is 0.308 e. The summed E-state index contributed by atoms with van der Waals surface area (Å²) in [5, 5.41) is 3.51. The number of nitrogens with zero attached hydrogens (tertiary/aromatic N) is 1. The maximum atomic E-state index is 14.8. The molecule has 1 saturated heterocycles. The highest BCUT2D eigenvalue weighted by atomic mass is 35.5. The van der Waals surface area contributed by atoms with Crippen LogP contribution in [0.3, 0.4) is 0 Å². The molecule has 3 aliphatic heterocycles. The van der Waals surface area contributed by atoms with Gasteiger partial charge >= 0.3 is 5.97 Å². The zero-order chi connectivity index (χ0) is 29.9. The molecule has 1 fully saturated rings. The van der Waals surface area contributed by atoms with E-state index in [2.05, 4.69) is 5.32 Å². The lowest BCUT2D eigenvalue weighted by Crippen LogP contribution is -2.49. The van der Waals surface area contributed by atoms with Crippen molar-refractivity contribution in [2.24, 2.45) is 5.92 Å². The molecule has 3 aliphatic rings. The molecule has 7 nitrogen and oxygen atoms in total. The maximum absolute atomic E-state index is 14.8. The molecule has 1 N–H and O–H groups in total. The number of anilines is 1. The number of benzene rings is 4. The van der Waals surface area contributed by atoms with Crippen molar-refractivity contribution in [2.75, 3.05) is 5.32 Å². The summed E-state index contributed by atoms with van der Waals surface area (Å²) in [6, 6.07) is 26.2. The van der Waals surface area contributed by atoms with Crippen molar-refractivity contribution in [1.29, 1.82) is 0 Å². The summed E-state index contributed by atoms with van der Waals surface area (Å²) in [5.41, 5.74) is 2.31. The third kappa shape index (κ3) is 4.03. The number of ether oxygens (including phenoxy) is 1. The molecular weight excluding hydrogens is 564 g/mol. The Morgan fingerprint density at radius 2 is 1.49 bits per heavy atom. The van der Waals surface area contributed by atoms with Crippen molar-refractivity contribution in [3.05, 3.63) is 136 Å². The lowest BCUT2D eigenvalue weighted by atomic mass is 9.62. The normalized spacial score (nSPS) is 22.9. The predicted octanol–water partition coefficient (Wildman–Crippen LogP) is 6.25. The van der Waals surface area contributed by atoms with Gasteiger partial charge in [-0.25, -0.2) is 0 Å². The highest BCUT2D eigenvalue weighted by Crippen LogP contribution is 2.62. The summed E-state index contributed by atoms with van der Waals surface area (Å²) in [6.45, 7) is 1.30. The second-order valence-corrected chi connectivity index (χ2v) is 11.4. The number of hydrogen-bond donors (Lipinski definition) is 1. The van der Waals surface area contributed by atoms with E-state index < -0.39 is 29.4 Å². The molecule has 8 heteroatoms. The predicted molar refractivity (Wildman–Crippen MR) is 162 cm³/mol. The van der Waals surface area contributed by atoms with Gasteiger partial charge in [-0.05, 0) is 77.4 Å². The largest absolute Gasteiger partial charge is 0.427 e. The van der Waals surface area contributed by atoms with Gasteiger partial charge in [-0.1, -0.05) is 54.1 Å². The molecule has 4 aromatic rings. The van der Waals surface area contributed by atoms with Crippen molar-refractivity contribution in [1.82, 2.24) is 4.90 Å². The van der Waals surface area contributed by atoms with Crippen molar-refractivity contribution in [2.45, 2.75) is 24.4 Å². The molecule has 0 saturated carbocycles. The molecule has 7 rings (SSSR count). The van der Waals surface area contributed by atoms with Gasteiger partial charge in [-0.3, -0.25) is 19.2 Å². The van der Waals surface area contributed by atoms with Crippen molar-refractivity contribution >= 4 is 46.8 Å². The Labute approximate surface area is 252 Å². The molecule has 4 atom stereocenters. The Morgan fingerprint density at radius 3 is 2.23 bits per heavy atom. The van der Waals surface area contributed by atoms with E-state index in [4.69, 9.17) is 16.3 Å². The van der Waals surface area contributed by atoms with Crippen LogP contribution in [0.2, 0.25) is 5.02 Å². The molecule has 43 heavy (non-hydrogen) atoms. The van der Waals surface area contributed by atoms with Gasteiger partial charge in [0.2, 0.25) is 5.91 Å². The molecular formula is C35H25ClN2O5. The van der Waals surface area contributed by atoms with Gasteiger partial charge in [0.25, 0.3) is 0 Å². The van der Waals surface area contributed by atoms with Crippen molar-refractivity contribution < 1.29 is 23.9 Å². The van der Waals surface area contributed by atoms with Gasteiger partial charge in [0.05, 0.1) is 12.0 Å². The van der Waals surface area contributed by atoms with Crippen LogP contribution < -0.4 is 10.1 Å². The topological polar surface area (TPSA) is 92.8 Å². The average molecular weight is 589 g/mol. The Balaban J connectivity index is 1.48. The number of esters is 1. The van der Waals surface area contributed by atoms with Crippen LogP contribution in [0.5, 0.6) is 5.75 Å². The number of rotatable bonds is 5. The van der Waals surface area contributed by atoms with Crippen molar-refractivity contribution in [3.8, 4) is 5.75 Å². The summed E-state index contributed by atoms with van der Waals surface area (Å²) in [7, 11) is 0. The number of para-hydroxylation sites is 1. The number of hydrogen-bond acceptors (Lipinski definition) is 6. The first kappa shape index (κ1) is 26.9. The van der Waals surface area contributed by atoms with E-state index in [1.165, 1.54) is 6.92 Å². The quantitative estimate of drug-likeness (QED) is 0.168. The molecule has 0 unspecified atom stereocenters. The average Bonchev–Trinajstić information content (AvgIpc) is 3.49. The Morgan fingerprint density at radius 1 is 0.837 bits per heavy atom. The monoisotopic (exact) mass is 588 g/mol. The van der Waals surface area contributed by atoms with Crippen molar-refractivity contribution in [3.63, 3.8) is 0 Å². The van der Waals surface area contributed by atoms with Gasteiger partial charge in [0.1, 0.15) is 17.2 Å². The van der Waals surface area contributed by atoms with E-state index in [1.807, 2.05) is 65.7 Å². The molecule has 0 aromatic heterocycles. The lowest BCUT2D eigenvalue weighted by Gasteiger charge is -2.38. The Bertz CT molecular complexity index is 1850.